The minimum atomic E-state index is -4.94. The summed E-state index contributed by atoms with van der Waals surface area (Å²) in [5.74, 6) is -1.98. The molecule has 0 aliphatic carbocycles. The van der Waals surface area contributed by atoms with E-state index >= 15 is 0 Å². The van der Waals surface area contributed by atoms with Gasteiger partial charge in [0.1, 0.15) is 5.69 Å². The summed E-state index contributed by atoms with van der Waals surface area (Å²) in [5.41, 5.74) is 9.16. The van der Waals surface area contributed by atoms with Gasteiger partial charge in [0.2, 0.25) is 0 Å². The average Bonchev–Trinajstić information content (AvgIpc) is 2.11. The summed E-state index contributed by atoms with van der Waals surface area (Å²) in [5, 5.41) is 0. The number of pyridine rings is 1. The molecule has 8 heteroatoms. The highest BCUT2D eigenvalue weighted by Gasteiger charge is 2.32. The number of nitrogens with zero attached hydrogens (tertiary/aromatic N) is 1. The fraction of sp³-hybridized carbons (Fsp3) is 0.286. The first-order chi connectivity index (χ1) is 6.85. The summed E-state index contributed by atoms with van der Waals surface area (Å²) < 4.78 is 51.9. The zero-order valence-corrected chi connectivity index (χ0v) is 7.31. The van der Waals surface area contributed by atoms with E-state index in [1.165, 1.54) is 0 Å². The molecule has 0 aliphatic heterocycles. The van der Waals surface area contributed by atoms with Crippen LogP contribution in [-0.2, 0) is 6.54 Å². The third-order valence-corrected chi connectivity index (χ3v) is 1.51. The molecule has 1 aromatic rings. The number of nitrogens with two attached hydrogens (primary N) is 2. The van der Waals surface area contributed by atoms with Crippen molar-refractivity contribution in [3.63, 3.8) is 0 Å². The Hall–Kier alpha value is -1.57. The van der Waals surface area contributed by atoms with Gasteiger partial charge in [-0.3, -0.25) is 4.98 Å². The second kappa shape index (κ2) is 3.89. The van der Waals surface area contributed by atoms with E-state index in [2.05, 4.69) is 9.72 Å². The van der Waals surface area contributed by atoms with Crippen molar-refractivity contribution in [1.82, 2.24) is 4.98 Å². The van der Waals surface area contributed by atoms with Gasteiger partial charge in [0.15, 0.2) is 11.6 Å². The summed E-state index contributed by atoms with van der Waals surface area (Å²) in [7, 11) is 0. The lowest BCUT2D eigenvalue weighted by Crippen LogP contribution is -2.19. The van der Waals surface area contributed by atoms with E-state index in [-0.39, 0.29) is 12.2 Å². The van der Waals surface area contributed by atoms with Gasteiger partial charge in [-0.25, -0.2) is 4.39 Å². The topological polar surface area (TPSA) is 74.2 Å². The van der Waals surface area contributed by atoms with Crippen LogP contribution in [0.2, 0.25) is 0 Å². The fourth-order valence-electron chi connectivity index (χ4n) is 0.875. The Labute approximate surface area is 81.8 Å². The number of ether oxygens (including phenoxy) is 1. The Morgan fingerprint density at radius 2 is 2.00 bits per heavy atom. The molecule has 0 amide bonds. The van der Waals surface area contributed by atoms with Crippen LogP contribution in [0.15, 0.2) is 6.20 Å². The molecule has 4 N–H and O–H groups in total. The van der Waals surface area contributed by atoms with Gasteiger partial charge < -0.3 is 16.2 Å². The maximum Gasteiger partial charge on any atom is 0.573 e. The number of halogens is 4. The van der Waals surface area contributed by atoms with Gasteiger partial charge >= 0.3 is 6.36 Å². The zero-order chi connectivity index (χ0) is 11.6. The molecule has 0 atom stereocenters. The lowest BCUT2D eigenvalue weighted by atomic mass is 10.3. The Balaban J connectivity index is 3.07. The predicted octanol–water partition coefficient (Wildman–Crippen LogP) is 1.16. The molecule has 0 aromatic carbocycles. The van der Waals surface area contributed by atoms with Crippen molar-refractivity contribution in [3.05, 3.63) is 17.7 Å². The van der Waals surface area contributed by atoms with Crippen LogP contribution in [0.5, 0.6) is 5.75 Å². The molecule has 1 rings (SSSR count). The van der Waals surface area contributed by atoms with Crippen LogP contribution < -0.4 is 16.2 Å². The Bertz CT molecular complexity index is 366. The molecule has 1 aromatic heterocycles. The molecule has 15 heavy (non-hydrogen) atoms. The largest absolute Gasteiger partial charge is 0.573 e. The molecule has 0 aliphatic rings. The molecule has 0 saturated carbocycles. The summed E-state index contributed by atoms with van der Waals surface area (Å²) in [4.78, 5) is 3.34. The minimum absolute atomic E-state index is 0.220. The third kappa shape index (κ3) is 2.69. The van der Waals surface area contributed by atoms with Gasteiger partial charge in [0.05, 0.1) is 11.9 Å². The van der Waals surface area contributed by atoms with E-state index < -0.39 is 23.6 Å². The van der Waals surface area contributed by atoms with E-state index in [1.54, 1.807) is 0 Å². The molecule has 0 bridgehead atoms. The van der Waals surface area contributed by atoms with E-state index in [9.17, 15) is 17.6 Å². The van der Waals surface area contributed by atoms with Crippen molar-refractivity contribution in [1.29, 1.82) is 0 Å². The van der Waals surface area contributed by atoms with Crippen LogP contribution >= 0.6 is 0 Å². The Kier molecular flexibility index (Phi) is 2.98. The zero-order valence-electron chi connectivity index (χ0n) is 7.31. The van der Waals surface area contributed by atoms with Crippen LogP contribution in [0.1, 0.15) is 5.69 Å². The quantitative estimate of drug-likeness (QED) is 0.740. The number of alkyl halides is 3. The second-order valence-electron chi connectivity index (χ2n) is 2.55. The number of hydrogen-bond donors (Lipinski definition) is 2. The number of aromatic nitrogens is 1. The van der Waals surface area contributed by atoms with Gasteiger partial charge in [-0.2, -0.15) is 0 Å². The highest BCUT2D eigenvalue weighted by molar-refractivity contribution is 5.53. The number of rotatable bonds is 2. The maximum absolute atomic E-state index is 13.1. The molecule has 0 unspecified atom stereocenters. The van der Waals surface area contributed by atoms with Gasteiger partial charge in [-0.15, -0.1) is 13.2 Å². The van der Waals surface area contributed by atoms with Crippen LogP contribution in [0.25, 0.3) is 0 Å². The normalized spacial score (nSPS) is 11.5. The summed E-state index contributed by atoms with van der Waals surface area (Å²) >= 11 is 0. The van der Waals surface area contributed by atoms with Crippen molar-refractivity contribution in [3.8, 4) is 5.75 Å². The highest BCUT2D eigenvalue weighted by Crippen LogP contribution is 2.30. The third-order valence-electron chi connectivity index (χ3n) is 1.51. The van der Waals surface area contributed by atoms with Gasteiger partial charge in [0, 0.05) is 6.54 Å². The molecule has 0 spiro atoms. The molecule has 1 heterocycles. The highest BCUT2D eigenvalue weighted by atomic mass is 19.4. The Morgan fingerprint density at radius 3 is 2.47 bits per heavy atom. The SMILES string of the molecule is NCc1ncc(OC(F)(F)F)c(N)c1F. The standard InChI is InChI=1S/C7H7F4N3O/c8-5-3(1-12)14-2-4(6(5)13)15-7(9,10)11/h2H,1,12H2,(H2,13,14). The summed E-state index contributed by atoms with van der Waals surface area (Å²) in [6.45, 7) is -0.262. The van der Waals surface area contributed by atoms with Crippen LogP contribution in [0.3, 0.4) is 0 Å². The molecule has 0 saturated heterocycles. The van der Waals surface area contributed by atoms with E-state index in [1.807, 2.05) is 0 Å². The molecular formula is C7H7F4N3O. The van der Waals surface area contributed by atoms with E-state index in [4.69, 9.17) is 11.5 Å². The number of anilines is 1. The van der Waals surface area contributed by atoms with Crippen LogP contribution in [-0.4, -0.2) is 11.3 Å². The lowest BCUT2D eigenvalue weighted by Gasteiger charge is -2.11. The lowest BCUT2D eigenvalue weighted by molar-refractivity contribution is -0.274. The molecule has 4 nitrogen and oxygen atoms in total. The number of hydrogen-bond acceptors (Lipinski definition) is 4. The number of nitrogen functional groups attached to an aromatic ring is 1. The smallest absolute Gasteiger partial charge is 0.402 e. The first-order valence-electron chi connectivity index (χ1n) is 3.74. The van der Waals surface area contributed by atoms with Crippen molar-refractivity contribution >= 4 is 5.69 Å². The van der Waals surface area contributed by atoms with E-state index in [0.717, 1.165) is 0 Å². The van der Waals surface area contributed by atoms with Crippen LogP contribution in [0, 0.1) is 5.82 Å². The average molecular weight is 225 g/mol. The van der Waals surface area contributed by atoms with Gasteiger partial charge in [0.25, 0.3) is 0 Å². The van der Waals surface area contributed by atoms with Crippen molar-refractivity contribution in [2.45, 2.75) is 12.9 Å². The van der Waals surface area contributed by atoms with Crippen molar-refractivity contribution in [2.75, 3.05) is 5.73 Å². The van der Waals surface area contributed by atoms with Crippen LogP contribution in [0.4, 0.5) is 23.2 Å². The minimum Gasteiger partial charge on any atom is -0.402 e. The Morgan fingerprint density at radius 1 is 1.40 bits per heavy atom. The van der Waals surface area contributed by atoms with Gasteiger partial charge in [-0.05, 0) is 0 Å². The first-order valence-corrected chi connectivity index (χ1v) is 3.74. The maximum atomic E-state index is 13.1. The fourth-order valence-corrected chi connectivity index (χ4v) is 0.875. The molecule has 84 valence electrons. The second-order valence-corrected chi connectivity index (χ2v) is 2.55. The van der Waals surface area contributed by atoms with Gasteiger partial charge in [-0.1, -0.05) is 0 Å². The molecular weight excluding hydrogens is 218 g/mol. The summed E-state index contributed by atoms with van der Waals surface area (Å²) in [6, 6.07) is 0. The summed E-state index contributed by atoms with van der Waals surface area (Å²) in [6.07, 6.45) is -4.26. The molecule has 0 radical (unpaired) electrons. The van der Waals surface area contributed by atoms with E-state index in [0.29, 0.717) is 6.20 Å². The molecule has 0 fully saturated rings. The monoisotopic (exact) mass is 225 g/mol. The first kappa shape index (κ1) is 11.5. The predicted molar refractivity (Wildman–Crippen MR) is 43.2 cm³/mol. The van der Waals surface area contributed by atoms with Crippen molar-refractivity contribution in [2.24, 2.45) is 5.73 Å². The van der Waals surface area contributed by atoms with Crippen molar-refractivity contribution < 1.29 is 22.3 Å².